The van der Waals surface area contributed by atoms with E-state index in [4.69, 9.17) is 4.74 Å². The molecule has 0 aromatic heterocycles. The lowest BCUT2D eigenvalue weighted by atomic mass is 10.2. The minimum absolute atomic E-state index is 0.0396. The topological polar surface area (TPSA) is 120 Å². The van der Waals surface area contributed by atoms with Crippen molar-refractivity contribution in [3.8, 4) is 0 Å². The van der Waals surface area contributed by atoms with E-state index < -0.39 is 31.8 Å². The van der Waals surface area contributed by atoms with Crippen molar-refractivity contribution in [1.82, 2.24) is 15.7 Å². The maximum Gasteiger partial charge on any atom is 0.407 e. The van der Waals surface area contributed by atoms with E-state index in [1.165, 1.54) is 14.0 Å². The van der Waals surface area contributed by atoms with Gasteiger partial charge in [-0.1, -0.05) is 30.3 Å². The number of nitrogens with one attached hydrogen (secondary N) is 3. The fourth-order valence-corrected chi connectivity index (χ4v) is 2.69. The van der Waals surface area contributed by atoms with Crippen LogP contribution in [-0.4, -0.2) is 31.4 Å². The molecule has 1 unspecified atom stereocenters. The van der Waals surface area contributed by atoms with Gasteiger partial charge in [0.05, 0.1) is 19.8 Å². The van der Waals surface area contributed by atoms with Crippen LogP contribution in [0, 0.1) is 0 Å². The van der Waals surface area contributed by atoms with Gasteiger partial charge in [0.2, 0.25) is 5.91 Å². The maximum atomic E-state index is 11.7. The molecule has 2 atom stereocenters. The van der Waals surface area contributed by atoms with Gasteiger partial charge in [-0.15, -0.1) is 0 Å². The molecule has 2 amide bonds. The molecule has 0 aliphatic rings. The van der Waals surface area contributed by atoms with Crippen LogP contribution in [0.2, 0.25) is 0 Å². The summed E-state index contributed by atoms with van der Waals surface area (Å²) < 4.78 is 16.6. The van der Waals surface area contributed by atoms with Crippen LogP contribution in [0.25, 0.3) is 0 Å². The third-order valence-electron chi connectivity index (χ3n) is 2.67. The van der Waals surface area contributed by atoms with E-state index in [1.54, 1.807) is 24.3 Å². The molecule has 0 spiro atoms. The normalized spacial score (nSPS) is 14.5. The highest BCUT2D eigenvalue weighted by molar-refractivity contribution is 7.54. The summed E-state index contributed by atoms with van der Waals surface area (Å²) in [7, 11) is -2.74. The molecule has 1 aromatic carbocycles. The van der Waals surface area contributed by atoms with Crippen molar-refractivity contribution in [2.45, 2.75) is 19.6 Å². The monoisotopic (exact) mass is 328 g/mol. The molecule has 0 saturated heterocycles. The highest BCUT2D eigenvalue weighted by Gasteiger charge is 2.18. The number of carbonyl (C=O) groups excluding carboxylic acids is 2. The van der Waals surface area contributed by atoms with Crippen molar-refractivity contribution >= 4 is 19.5 Å². The summed E-state index contributed by atoms with van der Waals surface area (Å²) in [6.45, 7) is 1.44. The number of amides is 2. The van der Waals surface area contributed by atoms with Gasteiger partial charge in [0.1, 0.15) is 6.61 Å². The minimum Gasteiger partial charge on any atom is -0.787 e. The number of ether oxygens (including phenoxy) is 1. The standard InChI is InChI=1S/C13H20N3O5P/c1-10(12(17)14-2)16-22(19,20)9-15-13(18)21-8-11-6-4-3-5-7-11/h3-7,10H,8-9H2,1-2H3,(H,14,17)(H,15,18)(H2,16,19,20)/p-1/t10-/m0/s1. The van der Waals surface area contributed by atoms with E-state index in [9.17, 15) is 19.0 Å². The van der Waals surface area contributed by atoms with Crippen molar-refractivity contribution < 1.29 is 23.8 Å². The molecular weight excluding hydrogens is 309 g/mol. The van der Waals surface area contributed by atoms with Crippen LogP contribution < -0.4 is 20.6 Å². The number of rotatable bonds is 7. The molecule has 0 saturated carbocycles. The van der Waals surface area contributed by atoms with Crippen LogP contribution in [0.5, 0.6) is 0 Å². The molecule has 0 bridgehead atoms. The fourth-order valence-electron chi connectivity index (χ4n) is 1.56. The molecule has 0 fully saturated rings. The first kappa shape index (κ1) is 18.2. The van der Waals surface area contributed by atoms with Crippen molar-refractivity contribution in [2.75, 3.05) is 13.3 Å². The van der Waals surface area contributed by atoms with Crippen molar-refractivity contribution in [3.63, 3.8) is 0 Å². The second-order valence-corrected chi connectivity index (χ2v) is 6.46. The molecule has 0 aliphatic heterocycles. The second kappa shape index (κ2) is 8.53. The van der Waals surface area contributed by atoms with Gasteiger partial charge in [-0.2, -0.15) is 0 Å². The molecule has 1 rings (SSSR count). The molecule has 0 aliphatic carbocycles. The Hall–Kier alpha value is -1.89. The van der Waals surface area contributed by atoms with Crippen LogP contribution in [0.15, 0.2) is 30.3 Å². The van der Waals surface area contributed by atoms with Gasteiger partial charge < -0.3 is 24.8 Å². The zero-order chi connectivity index (χ0) is 16.6. The number of hydrogen-bond acceptors (Lipinski definition) is 5. The fraction of sp³-hybridized carbons (Fsp3) is 0.385. The lowest BCUT2D eigenvalue weighted by Crippen LogP contribution is -2.43. The van der Waals surface area contributed by atoms with Gasteiger partial charge in [0, 0.05) is 7.05 Å². The predicted octanol–water partition coefficient (Wildman–Crippen LogP) is 0.148. The number of alkyl carbamates (subject to hydrolysis) is 1. The Labute approximate surface area is 128 Å². The molecule has 1 aromatic rings. The van der Waals surface area contributed by atoms with Gasteiger partial charge >= 0.3 is 6.09 Å². The van der Waals surface area contributed by atoms with E-state index in [2.05, 4.69) is 15.7 Å². The van der Waals surface area contributed by atoms with Gasteiger partial charge in [-0.3, -0.25) is 9.88 Å². The largest absolute Gasteiger partial charge is 0.787 e. The average Bonchev–Trinajstić information content (AvgIpc) is 2.50. The smallest absolute Gasteiger partial charge is 0.407 e. The van der Waals surface area contributed by atoms with E-state index in [-0.39, 0.29) is 6.61 Å². The van der Waals surface area contributed by atoms with Crippen molar-refractivity contribution in [2.24, 2.45) is 0 Å². The number of carbonyl (C=O) groups is 2. The maximum absolute atomic E-state index is 11.7. The highest BCUT2D eigenvalue weighted by Crippen LogP contribution is 2.28. The summed E-state index contributed by atoms with van der Waals surface area (Å²) in [5.41, 5.74) is 0.786. The molecule has 9 heteroatoms. The van der Waals surface area contributed by atoms with Gasteiger partial charge in [0.25, 0.3) is 0 Å². The van der Waals surface area contributed by atoms with Gasteiger partial charge in [0.15, 0.2) is 0 Å². The first-order valence-corrected chi connectivity index (χ1v) is 8.39. The Morgan fingerprint density at radius 3 is 2.55 bits per heavy atom. The van der Waals surface area contributed by atoms with Crippen molar-refractivity contribution in [3.05, 3.63) is 35.9 Å². The number of hydrogen-bond donors (Lipinski definition) is 3. The molecular formula is C13H19N3O5P-. The summed E-state index contributed by atoms with van der Waals surface area (Å²) in [4.78, 5) is 34.4. The van der Waals surface area contributed by atoms with Crippen LogP contribution in [0.3, 0.4) is 0 Å². The first-order valence-electron chi connectivity index (χ1n) is 6.58. The average molecular weight is 328 g/mol. The molecule has 0 heterocycles. The quantitative estimate of drug-likeness (QED) is 0.613. The van der Waals surface area contributed by atoms with Gasteiger partial charge in [-0.25, -0.2) is 4.79 Å². The molecule has 3 N–H and O–H groups in total. The Bertz CT molecular complexity index is 552. The lowest BCUT2D eigenvalue weighted by molar-refractivity contribution is -0.179. The Morgan fingerprint density at radius 2 is 1.95 bits per heavy atom. The number of benzene rings is 1. The Kier molecular flexibility index (Phi) is 7.04. The lowest BCUT2D eigenvalue weighted by Gasteiger charge is -2.27. The van der Waals surface area contributed by atoms with Crippen molar-refractivity contribution in [1.29, 1.82) is 0 Å². The third kappa shape index (κ3) is 6.71. The van der Waals surface area contributed by atoms with E-state index >= 15 is 0 Å². The number of likely N-dealkylation sites (N-methyl/N-ethyl adjacent to an activating group) is 1. The van der Waals surface area contributed by atoms with E-state index in [0.717, 1.165) is 5.56 Å². The summed E-state index contributed by atoms with van der Waals surface area (Å²) >= 11 is 0. The SMILES string of the molecule is CNC(=O)[C@H](C)NP(=O)([O-])CNC(=O)OCc1ccccc1. The third-order valence-corrected chi connectivity index (χ3v) is 4.03. The zero-order valence-electron chi connectivity index (χ0n) is 12.4. The van der Waals surface area contributed by atoms with E-state index in [0.29, 0.717) is 0 Å². The molecule has 22 heavy (non-hydrogen) atoms. The molecule has 8 nitrogen and oxygen atoms in total. The van der Waals surface area contributed by atoms with E-state index in [1.807, 2.05) is 6.07 Å². The summed E-state index contributed by atoms with van der Waals surface area (Å²) in [5.74, 6) is -0.470. The molecule has 122 valence electrons. The Balaban J connectivity index is 2.36. The van der Waals surface area contributed by atoms with Crippen LogP contribution >= 0.6 is 7.52 Å². The second-order valence-electron chi connectivity index (χ2n) is 4.54. The first-order chi connectivity index (χ1) is 10.3. The minimum atomic E-state index is -4.14. The van der Waals surface area contributed by atoms with Crippen LogP contribution in [-0.2, 0) is 20.7 Å². The summed E-state index contributed by atoms with van der Waals surface area (Å²) in [6.07, 6.45) is -1.50. The van der Waals surface area contributed by atoms with Crippen LogP contribution in [0.4, 0.5) is 4.79 Å². The Morgan fingerprint density at radius 1 is 1.32 bits per heavy atom. The zero-order valence-corrected chi connectivity index (χ0v) is 13.3. The van der Waals surface area contributed by atoms with Crippen LogP contribution in [0.1, 0.15) is 12.5 Å². The molecule has 0 radical (unpaired) electrons. The summed E-state index contributed by atoms with van der Waals surface area (Å²) in [5, 5.41) is 6.60. The summed E-state index contributed by atoms with van der Waals surface area (Å²) in [6, 6.07) is 8.06. The highest BCUT2D eigenvalue weighted by atomic mass is 31.2. The van der Waals surface area contributed by atoms with Gasteiger partial charge in [-0.05, 0) is 12.5 Å². The predicted molar refractivity (Wildman–Crippen MR) is 78.9 cm³/mol.